The minimum atomic E-state index is 0.0129. The Balaban J connectivity index is 2.33. The number of hydrogen-bond acceptors (Lipinski definition) is 3. The lowest BCUT2D eigenvalue weighted by atomic mass is 9.91. The lowest BCUT2D eigenvalue weighted by molar-refractivity contribution is 0.00340. The first-order valence-corrected chi connectivity index (χ1v) is 7.99. The zero-order chi connectivity index (χ0) is 14.3. The number of likely N-dealkylation sites (tertiary alicyclic amines) is 1. The molecule has 1 aliphatic heterocycles. The third kappa shape index (κ3) is 6.24. The van der Waals surface area contributed by atoms with E-state index >= 15 is 0 Å². The molecule has 0 saturated carbocycles. The summed E-state index contributed by atoms with van der Waals surface area (Å²) in [7, 11) is 1.82. The van der Waals surface area contributed by atoms with Crippen LogP contribution in [-0.2, 0) is 4.74 Å². The fraction of sp³-hybridized carbons (Fsp3) is 1.00. The Hall–Kier alpha value is -0.120. The second-order valence-corrected chi connectivity index (χ2v) is 6.66. The molecule has 0 aromatic heterocycles. The highest BCUT2D eigenvalue weighted by molar-refractivity contribution is 4.81. The predicted molar refractivity (Wildman–Crippen MR) is 82.6 cm³/mol. The number of piperidine rings is 1. The molecule has 0 aromatic carbocycles. The standard InChI is InChI=1S/C16H34N2O/c1-6-10-17-14(2)15-8-7-11-18(13-15)12-9-16(3,4)19-5/h14-15,17H,6-13H2,1-5H3. The maximum absolute atomic E-state index is 5.52. The number of hydrogen-bond donors (Lipinski definition) is 1. The molecule has 0 radical (unpaired) electrons. The van der Waals surface area contributed by atoms with Crippen molar-refractivity contribution in [1.29, 1.82) is 0 Å². The molecule has 2 atom stereocenters. The summed E-state index contributed by atoms with van der Waals surface area (Å²) in [6.07, 6.45) is 5.06. The molecule has 1 heterocycles. The van der Waals surface area contributed by atoms with Crippen LogP contribution in [-0.4, -0.2) is 49.8 Å². The Labute approximate surface area is 120 Å². The third-order valence-corrected chi connectivity index (χ3v) is 4.55. The number of rotatable bonds is 8. The van der Waals surface area contributed by atoms with Gasteiger partial charge in [0.25, 0.3) is 0 Å². The number of nitrogens with zero attached hydrogens (tertiary/aromatic N) is 1. The molecule has 19 heavy (non-hydrogen) atoms. The normalized spacial score (nSPS) is 23.5. The van der Waals surface area contributed by atoms with Crippen molar-refractivity contribution in [3.8, 4) is 0 Å². The SMILES string of the molecule is CCCNC(C)C1CCCN(CCC(C)(C)OC)C1. The Morgan fingerprint density at radius 3 is 2.79 bits per heavy atom. The van der Waals surface area contributed by atoms with E-state index in [1.165, 1.54) is 32.4 Å². The molecule has 2 unspecified atom stereocenters. The van der Waals surface area contributed by atoms with E-state index in [0.29, 0.717) is 6.04 Å². The van der Waals surface area contributed by atoms with E-state index in [-0.39, 0.29) is 5.60 Å². The van der Waals surface area contributed by atoms with Crippen LogP contribution in [0.1, 0.15) is 53.4 Å². The topological polar surface area (TPSA) is 24.5 Å². The summed E-state index contributed by atoms with van der Waals surface area (Å²) in [5.41, 5.74) is 0.0129. The minimum Gasteiger partial charge on any atom is -0.379 e. The molecule has 3 heteroatoms. The van der Waals surface area contributed by atoms with E-state index in [2.05, 4.69) is 37.9 Å². The largest absolute Gasteiger partial charge is 0.379 e. The Bertz CT molecular complexity index is 243. The number of nitrogens with one attached hydrogen (secondary N) is 1. The lowest BCUT2D eigenvalue weighted by Crippen LogP contribution is -2.45. The zero-order valence-corrected chi connectivity index (χ0v) is 13.7. The summed E-state index contributed by atoms with van der Waals surface area (Å²) in [5, 5.41) is 3.65. The first-order valence-electron chi connectivity index (χ1n) is 7.99. The summed E-state index contributed by atoms with van der Waals surface area (Å²) in [4.78, 5) is 2.62. The van der Waals surface area contributed by atoms with Gasteiger partial charge in [-0.15, -0.1) is 0 Å². The molecular formula is C16H34N2O. The van der Waals surface area contributed by atoms with Crippen LogP contribution in [0.3, 0.4) is 0 Å². The fourth-order valence-electron chi connectivity index (χ4n) is 2.77. The third-order valence-electron chi connectivity index (χ3n) is 4.55. The summed E-state index contributed by atoms with van der Waals surface area (Å²) in [6, 6.07) is 0.651. The average molecular weight is 270 g/mol. The molecule has 3 nitrogen and oxygen atoms in total. The van der Waals surface area contributed by atoms with E-state index in [1.54, 1.807) is 0 Å². The molecule has 1 N–H and O–H groups in total. The highest BCUT2D eigenvalue weighted by atomic mass is 16.5. The van der Waals surface area contributed by atoms with E-state index in [9.17, 15) is 0 Å². The Morgan fingerprint density at radius 2 is 2.16 bits per heavy atom. The van der Waals surface area contributed by atoms with Gasteiger partial charge in [0.05, 0.1) is 5.60 Å². The van der Waals surface area contributed by atoms with Crippen molar-refractivity contribution in [1.82, 2.24) is 10.2 Å². The molecule has 1 aliphatic rings. The van der Waals surface area contributed by atoms with Crippen LogP contribution in [0.15, 0.2) is 0 Å². The maximum atomic E-state index is 5.52. The van der Waals surface area contributed by atoms with Gasteiger partial charge in [-0.1, -0.05) is 6.92 Å². The fourth-order valence-corrected chi connectivity index (χ4v) is 2.77. The van der Waals surface area contributed by atoms with E-state index in [1.807, 2.05) is 7.11 Å². The summed E-state index contributed by atoms with van der Waals surface area (Å²) < 4.78 is 5.52. The van der Waals surface area contributed by atoms with Crippen molar-refractivity contribution in [2.75, 3.05) is 33.3 Å². The molecule has 0 spiro atoms. The van der Waals surface area contributed by atoms with Gasteiger partial charge in [-0.3, -0.25) is 0 Å². The van der Waals surface area contributed by atoms with Gasteiger partial charge in [0.2, 0.25) is 0 Å². The maximum Gasteiger partial charge on any atom is 0.0634 e. The predicted octanol–water partition coefficient (Wildman–Crippen LogP) is 2.90. The van der Waals surface area contributed by atoms with Crippen LogP contribution in [0.4, 0.5) is 0 Å². The Morgan fingerprint density at radius 1 is 1.42 bits per heavy atom. The number of ether oxygens (including phenoxy) is 1. The minimum absolute atomic E-state index is 0.0129. The smallest absolute Gasteiger partial charge is 0.0634 e. The molecule has 114 valence electrons. The highest BCUT2D eigenvalue weighted by Crippen LogP contribution is 2.22. The van der Waals surface area contributed by atoms with Crippen LogP contribution >= 0.6 is 0 Å². The van der Waals surface area contributed by atoms with E-state index < -0.39 is 0 Å². The van der Waals surface area contributed by atoms with Crippen LogP contribution < -0.4 is 5.32 Å². The van der Waals surface area contributed by atoms with Gasteiger partial charge in [0.15, 0.2) is 0 Å². The molecule has 1 saturated heterocycles. The van der Waals surface area contributed by atoms with Crippen molar-refractivity contribution >= 4 is 0 Å². The second-order valence-electron chi connectivity index (χ2n) is 6.66. The van der Waals surface area contributed by atoms with Crippen molar-refractivity contribution < 1.29 is 4.74 Å². The van der Waals surface area contributed by atoms with Crippen LogP contribution in [0.2, 0.25) is 0 Å². The van der Waals surface area contributed by atoms with Crippen molar-refractivity contribution in [3.63, 3.8) is 0 Å². The van der Waals surface area contributed by atoms with Crippen LogP contribution in [0.25, 0.3) is 0 Å². The quantitative estimate of drug-likeness (QED) is 0.734. The van der Waals surface area contributed by atoms with Crippen molar-refractivity contribution in [3.05, 3.63) is 0 Å². The molecular weight excluding hydrogens is 236 g/mol. The van der Waals surface area contributed by atoms with Gasteiger partial charge in [0, 0.05) is 26.2 Å². The Kier molecular flexibility index (Phi) is 7.33. The van der Waals surface area contributed by atoms with Gasteiger partial charge in [-0.25, -0.2) is 0 Å². The monoisotopic (exact) mass is 270 g/mol. The lowest BCUT2D eigenvalue weighted by Gasteiger charge is -2.37. The second kappa shape index (κ2) is 8.23. The summed E-state index contributed by atoms with van der Waals surface area (Å²) in [6.45, 7) is 13.8. The summed E-state index contributed by atoms with van der Waals surface area (Å²) in [5.74, 6) is 0.811. The molecule has 0 aromatic rings. The van der Waals surface area contributed by atoms with Gasteiger partial charge in [-0.2, -0.15) is 0 Å². The van der Waals surface area contributed by atoms with Gasteiger partial charge < -0.3 is 15.0 Å². The highest BCUT2D eigenvalue weighted by Gasteiger charge is 2.25. The summed E-state index contributed by atoms with van der Waals surface area (Å²) >= 11 is 0. The zero-order valence-electron chi connectivity index (χ0n) is 13.7. The van der Waals surface area contributed by atoms with Gasteiger partial charge in [-0.05, 0) is 65.5 Å². The van der Waals surface area contributed by atoms with Gasteiger partial charge in [0.1, 0.15) is 0 Å². The molecule has 0 aliphatic carbocycles. The average Bonchev–Trinajstić information content (AvgIpc) is 2.43. The number of methoxy groups -OCH3 is 1. The first kappa shape index (κ1) is 16.9. The van der Waals surface area contributed by atoms with Crippen LogP contribution in [0.5, 0.6) is 0 Å². The molecule has 0 bridgehead atoms. The first-order chi connectivity index (χ1) is 8.98. The van der Waals surface area contributed by atoms with Crippen LogP contribution in [0, 0.1) is 5.92 Å². The molecule has 1 rings (SSSR count). The van der Waals surface area contributed by atoms with Crippen molar-refractivity contribution in [2.24, 2.45) is 5.92 Å². The van der Waals surface area contributed by atoms with E-state index in [4.69, 9.17) is 4.74 Å². The van der Waals surface area contributed by atoms with Crippen molar-refractivity contribution in [2.45, 2.75) is 65.0 Å². The van der Waals surface area contributed by atoms with Gasteiger partial charge >= 0.3 is 0 Å². The molecule has 1 fully saturated rings. The molecule has 0 amide bonds. The van der Waals surface area contributed by atoms with E-state index in [0.717, 1.165) is 25.4 Å².